The number of hydrogen-bond donors (Lipinski definition) is 7. The smallest absolute Gasteiger partial charge is 0.328 e. The fraction of sp³-hybridized carbons (Fsp3) is 0.419. The van der Waals surface area contributed by atoms with E-state index in [1.54, 1.807) is 68.4 Å². The molecule has 0 aromatic heterocycles. The van der Waals surface area contributed by atoms with Crippen molar-refractivity contribution in [3.05, 3.63) is 71.8 Å². The van der Waals surface area contributed by atoms with Gasteiger partial charge in [-0.15, -0.1) is 0 Å². The van der Waals surface area contributed by atoms with Crippen LogP contribution in [-0.2, 0) is 46.5 Å². The van der Waals surface area contributed by atoms with E-state index in [0.29, 0.717) is 5.56 Å². The number of hydrogen-bond acceptors (Lipinski definition) is 9. The highest BCUT2D eigenvalue weighted by molar-refractivity contribution is 5.97. The lowest BCUT2D eigenvalue weighted by Gasteiger charge is -2.28. The highest BCUT2D eigenvalue weighted by atomic mass is 16.5. The molecule has 0 aliphatic heterocycles. The molecule has 0 fully saturated rings. The van der Waals surface area contributed by atoms with Gasteiger partial charge in [-0.3, -0.25) is 24.0 Å². The molecular weight excluding hydrogens is 584 g/mol. The zero-order valence-electron chi connectivity index (χ0n) is 25.5. The van der Waals surface area contributed by atoms with E-state index in [9.17, 15) is 28.8 Å². The number of carbonyl (C=O) groups is 6. The molecule has 0 spiro atoms. The van der Waals surface area contributed by atoms with E-state index in [-0.39, 0.29) is 13.0 Å². The van der Waals surface area contributed by atoms with Crippen molar-refractivity contribution in [1.29, 1.82) is 0 Å². The second kappa shape index (κ2) is 18.1. The van der Waals surface area contributed by atoms with E-state index in [4.69, 9.17) is 21.3 Å². The van der Waals surface area contributed by atoms with Gasteiger partial charge in [-0.05, 0) is 24.0 Å². The van der Waals surface area contributed by atoms with Crippen LogP contribution in [0.3, 0.4) is 0 Å². The molecule has 0 bridgehead atoms. The molecule has 0 saturated heterocycles. The van der Waals surface area contributed by atoms with Crippen LogP contribution in [0.15, 0.2) is 60.7 Å². The average molecular weight is 627 g/mol. The third-order valence-corrected chi connectivity index (χ3v) is 6.67. The van der Waals surface area contributed by atoms with Gasteiger partial charge in [0.15, 0.2) is 0 Å². The van der Waals surface area contributed by atoms with Crippen molar-refractivity contribution in [2.24, 2.45) is 17.4 Å². The zero-order chi connectivity index (χ0) is 33.5. The summed E-state index contributed by atoms with van der Waals surface area (Å²) in [5.74, 6) is -5.29. The Hall–Kier alpha value is -4.82. The molecule has 0 aliphatic rings. The third-order valence-electron chi connectivity index (χ3n) is 6.67. The van der Waals surface area contributed by atoms with Gasteiger partial charge in [0.2, 0.25) is 29.5 Å². The lowest BCUT2D eigenvalue weighted by Crippen LogP contribution is -2.60. The predicted molar refractivity (Wildman–Crippen MR) is 163 cm³/mol. The number of carbonyl (C=O) groups excluding carboxylic acids is 6. The molecule has 244 valence electrons. The molecule has 2 rings (SSSR count). The van der Waals surface area contributed by atoms with Crippen LogP contribution in [0.4, 0.5) is 0 Å². The van der Waals surface area contributed by atoms with Gasteiger partial charge in [-0.25, -0.2) is 4.79 Å². The van der Waals surface area contributed by atoms with Gasteiger partial charge in [-0.2, -0.15) is 0 Å². The summed E-state index contributed by atoms with van der Waals surface area (Å²) in [6.07, 6.45) is -0.540. The zero-order valence-corrected chi connectivity index (χ0v) is 25.5. The number of ether oxygens (including phenoxy) is 1. The van der Waals surface area contributed by atoms with Gasteiger partial charge >= 0.3 is 5.97 Å². The summed E-state index contributed by atoms with van der Waals surface area (Å²) in [5, 5.41) is 19.1. The van der Waals surface area contributed by atoms with Crippen LogP contribution < -0.4 is 32.7 Å². The summed E-state index contributed by atoms with van der Waals surface area (Å²) in [6, 6.07) is 11.6. The molecule has 2 aromatic rings. The van der Waals surface area contributed by atoms with Gasteiger partial charge in [0.1, 0.15) is 36.8 Å². The second-order valence-electron chi connectivity index (χ2n) is 10.8. The Morgan fingerprint density at radius 2 is 1.27 bits per heavy atom. The topological polar surface area (TPSA) is 232 Å². The highest BCUT2D eigenvalue weighted by Crippen LogP contribution is 2.09. The van der Waals surface area contributed by atoms with Gasteiger partial charge in [0.05, 0.1) is 13.0 Å². The molecule has 0 unspecified atom stereocenters. The standard InChI is InChI=1S/C31H42N6O8/c1-18(2)26(37-29(42)24(15-25(33)39)35-27(40)22(32)16-38)30(43)36-23(14-20-10-6-4-7-11-20)28(41)34-19(3)31(44)45-17-21-12-8-5-9-13-21/h4-13,18-19,22-24,26,38H,14-17,32H2,1-3H3,(H2,33,39)(H,34,41)(H,35,40)(H,36,43)(H,37,42)/t19-,22-,23-,24-,26+/m0/s1. The molecule has 0 radical (unpaired) electrons. The summed E-state index contributed by atoms with van der Waals surface area (Å²) in [4.78, 5) is 76.3. The molecule has 0 heterocycles. The van der Waals surface area contributed by atoms with Gasteiger partial charge in [0.25, 0.3) is 0 Å². The van der Waals surface area contributed by atoms with E-state index in [2.05, 4.69) is 21.3 Å². The van der Waals surface area contributed by atoms with Crippen LogP contribution in [0.2, 0.25) is 0 Å². The lowest BCUT2D eigenvalue weighted by atomic mass is 10.00. The van der Waals surface area contributed by atoms with Crippen molar-refractivity contribution >= 4 is 35.5 Å². The number of rotatable bonds is 17. The number of primary amides is 1. The van der Waals surface area contributed by atoms with Crippen molar-refractivity contribution in [1.82, 2.24) is 21.3 Å². The number of aliphatic hydroxyl groups is 1. The minimum absolute atomic E-state index is 0.0168. The lowest BCUT2D eigenvalue weighted by molar-refractivity contribution is -0.148. The Kier molecular flexibility index (Phi) is 14.6. The minimum atomic E-state index is -1.48. The maximum absolute atomic E-state index is 13.5. The number of esters is 1. The third kappa shape index (κ3) is 12.4. The van der Waals surface area contributed by atoms with Gasteiger partial charge in [-0.1, -0.05) is 74.5 Å². The average Bonchev–Trinajstić information content (AvgIpc) is 3.01. The molecule has 9 N–H and O–H groups in total. The summed E-state index contributed by atoms with van der Waals surface area (Å²) in [5.41, 5.74) is 12.2. The Labute approximate surface area is 261 Å². The molecule has 2 aromatic carbocycles. The van der Waals surface area contributed by atoms with Crippen molar-refractivity contribution in [2.75, 3.05) is 6.61 Å². The highest BCUT2D eigenvalue weighted by Gasteiger charge is 2.33. The maximum Gasteiger partial charge on any atom is 0.328 e. The van der Waals surface area contributed by atoms with E-state index < -0.39 is 84.7 Å². The monoisotopic (exact) mass is 626 g/mol. The van der Waals surface area contributed by atoms with Crippen LogP contribution in [0.25, 0.3) is 0 Å². The number of nitrogens with one attached hydrogen (secondary N) is 4. The SMILES string of the molecule is CC(C)[C@@H](NC(=O)[C@H](CC(N)=O)NC(=O)[C@@H](N)CO)C(=O)N[C@@H](Cc1ccccc1)C(=O)N[C@@H](C)C(=O)OCc1ccccc1. The normalized spacial score (nSPS) is 14.2. The van der Waals surface area contributed by atoms with E-state index >= 15 is 0 Å². The molecular formula is C31H42N6O8. The first-order valence-electron chi connectivity index (χ1n) is 14.4. The minimum Gasteiger partial charge on any atom is -0.459 e. The number of amides is 5. The number of nitrogens with two attached hydrogens (primary N) is 2. The second-order valence-corrected chi connectivity index (χ2v) is 10.8. The van der Waals surface area contributed by atoms with Crippen LogP contribution in [-0.4, -0.2) is 77.4 Å². The Morgan fingerprint density at radius 3 is 1.80 bits per heavy atom. The van der Waals surface area contributed by atoms with Gasteiger partial charge < -0.3 is 42.6 Å². The van der Waals surface area contributed by atoms with Crippen molar-refractivity contribution in [2.45, 2.75) is 70.4 Å². The largest absolute Gasteiger partial charge is 0.459 e. The van der Waals surface area contributed by atoms with E-state index in [1.807, 2.05) is 6.07 Å². The molecule has 0 aliphatic carbocycles. The Bertz CT molecular complexity index is 1310. The van der Waals surface area contributed by atoms with Gasteiger partial charge in [0, 0.05) is 6.42 Å². The van der Waals surface area contributed by atoms with Crippen LogP contribution in [0.1, 0.15) is 38.3 Å². The first-order valence-corrected chi connectivity index (χ1v) is 14.4. The van der Waals surface area contributed by atoms with Crippen LogP contribution >= 0.6 is 0 Å². The first-order chi connectivity index (χ1) is 21.3. The molecule has 5 amide bonds. The number of benzene rings is 2. The summed E-state index contributed by atoms with van der Waals surface area (Å²) in [6.45, 7) is 4.06. The Balaban J connectivity index is 2.18. The molecule has 14 heteroatoms. The predicted octanol–water partition coefficient (Wildman–Crippen LogP) is -1.22. The fourth-order valence-electron chi connectivity index (χ4n) is 4.11. The summed E-state index contributed by atoms with van der Waals surface area (Å²) in [7, 11) is 0. The quantitative estimate of drug-likeness (QED) is 0.104. The Morgan fingerprint density at radius 1 is 0.733 bits per heavy atom. The number of aliphatic hydroxyl groups excluding tert-OH is 1. The van der Waals surface area contributed by atoms with Crippen LogP contribution in [0, 0.1) is 5.92 Å². The summed E-state index contributed by atoms with van der Waals surface area (Å²) < 4.78 is 5.31. The summed E-state index contributed by atoms with van der Waals surface area (Å²) >= 11 is 0. The first kappa shape index (κ1) is 36.4. The van der Waals surface area contributed by atoms with E-state index in [0.717, 1.165) is 5.56 Å². The molecule has 0 saturated carbocycles. The molecule has 14 nitrogen and oxygen atoms in total. The van der Waals surface area contributed by atoms with E-state index in [1.165, 1.54) is 6.92 Å². The van der Waals surface area contributed by atoms with Crippen molar-refractivity contribution < 1.29 is 38.6 Å². The fourth-order valence-corrected chi connectivity index (χ4v) is 4.11. The maximum atomic E-state index is 13.5. The van der Waals surface area contributed by atoms with Crippen LogP contribution in [0.5, 0.6) is 0 Å². The molecule has 5 atom stereocenters. The van der Waals surface area contributed by atoms with Crippen molar-refractivity contribution in [3.63, 3.8) is 0 Å². The van der Waals surface area contributed by atoms with Crippen molar-refractivity contribution in [3.8, 4) is 0 Å². The molecule has 45 heavy (non-hydrogen) atoms.